The number of anilines is 1. The zero-order chi connectivity index (χ0) is 12.7. The lowest BCUT2D eigenvalue weighted by Gasteiger charge is -2.18. The maximum absolute atomic E-state index is 11.9. The van der Waals surface area contributed by atoms with Crippen LogP contribution >= 0.6 is 0 Å². The van der Waals surface area contributed by atoms with E-state index in [2.05, 4.69) is 23.1 Å². The Morgan fingerprint density at radius 3 is 2.56 bits per heavy atom. The Kier molecular flexibility index (Phi) is 2.62. The maximum atomic E-state index is 11.9. The fourth-order valence-electron chi connectivity index (χ4n) is 2.80. The van der Waals surface area contributed by atoms with Crippen LogP contribution in [0.4, 0.5) is 5.69 Å². The number of rotatable bonds is 1. The van der Waals surface area contributed by atoms with Gasteiger partial charge in [-0.3, -0.25) is 4.79 Å². The summed E-state index contributed by atoms with van der Waals surface area (Å²) in [7, 11) is 1.84. The third-order valence-electron chi connectivity index (χ3n) is 3.86. The summed E-state index contributed by atoms with van der Waals surface area (Å²) in [5, 5.41) is 1.15. The van der Waals surface area contributed by atoms with Crippen LogP contribution in [0.25, 0.3) is 10.9 Å². The number of nitrogens with zero attached hydrogens (tertiary/aromatic N) is 2. The van der Waals surface area contributed by atoms with Gasteiger partial charge in [0.25, 0.3) is 5.56 Å². The van der Waals surface area contributed by atoms with Crippen LogP contribution < -0.4 is 10.5 Å². The van der Waals surface area contributed by atoms with E-state index >= 15 is 0 Å². The molecule has 0 bridgehead atoms. The van der Waals surface area contributed by atoms with Crippen LogP contribution in [0.2, 0.25) is 0 Å². The van der Waals surface area contributed by atoms with Crippen LogP contribution in [-0.2, 0) is 7.05 Å². The summed E-state index contributed by atoms with van der Waals surface area (Å²) in [6, 6.07) is 8.39. The first-order chi connectivity index (χ1) is 8.66. The van der Waals surface area contributed by atoms with Gasteiger partial charge in [0, 0.05) is 36.8 Å². The number of hydrogen-bond donors (Lipinski definition) is 0. The number of pyridine rings is 1. The van der Waals surface area contributed by atoms with Gasteiger partial charge in [0.15, 0.2) is 0 Å². The zero-order valence-corrected chi connectivity index (χ0v) is 10.9. The van der Waals surface area contributed by atoms with Crippen LogP contribution in [0, 0.1) is 6.92 Å². The van der Waals surface area contributed by atoms with Crippen molar-refractivity contribution in [3.8, 4) is 0 Å². The summed E-state index contributed by atoms with van der Waals surface area (Å²) < 4.78 is 1.73. The number of aromatic nitrogens is 1. The smallest absolute Gasteiger partial charge is 0.253 e. The molecule has 1 aliphatic heterocycles. The van der Waals surface area contributed by atoms with Crippen molar-refractivity contribution in [3.05, 3.63) is 40.2 Å². The SMILES string of the molecule is Cc1cc2cc(N3CCCC3)ccc2n(C)c1=O. The van der Waals surface area contributed by atoms with E-state index in [0.717, 1.165) is 29.6 Å². The second-order valence-corrected chi connectivity index (χ2v) is 5.13. The number of fused-ring (bicyclic) bond motifs is 1. The zero-order valence-electron chi connectivity index (χ0n) is 10.9. The highest BCUT2D eigenvalue weighted by atomic mass is 16.1. The van der Waals surface area contributed by atoms with Crippen molar-refractivity contribution in [1.29, 1.82) is 0 Å². The van der Waals surface area contributed by atoms with Crippen LogP contribution in [-0.4, -0.2) is 17.7 Å². The molecule has 0 atom stereocenters. The maximum Gasteiger partial charge on any atom is 0.253 e. The van der Waals surface area contributed by atoms with Crippen molar-refractivity contribution in [2.24, 2.45) is 7.05 Å². The second-order valence-electron chi connectivity index (χ2n) is 5.13. The highest BCUT2D eigenvalue weighted by molar-refractivity contribution is 5.83. The van der Waals surface area contributed by atoms with Gasteiger partial charge in [0.05, 0.1) is 5.52 Å². The van der Waals surface area contributed by atoms with E-state index in [9.17, 15) is 4.79 Å². The van der Waals surface area contributed by atoms with Crippen LogP contribution in [0.15, 0.2) is 29.1 Å². The molecule has 1 aromatic heterocycles. The van der Waals surface area contributed by atoms with Gasteiger partial charge < -0.3 is 9.47 Å². The Morgan fingerprint density at radius 1 is 1.11 bits per heavy atom. The number of hydrogen-bond acceptors (Lipinski definition) is 2. The van der Waals surface area contributed by atoms with Crippen LogP contribution in [0.5, 0.6) is 0 Å². The first-order valence-corrected chi connectivity index (χ1v) is 6.52. The molecule has 0 amide bonds. The Bertz CT molecular complexity index is 651. The van der Waals surface area contributed by atoms with Crippen LogP contribution in [0.1, 0.15) is 18.4 Å². The summed E-state index contributed by atoms with van der Waals surface area (Å²) in [6.07, 6.45) is 2.56. The summed E-state index contributed by atoms with van der Waals surface area (Å²) in [6.45, 7) is 4.18. The van der Waals surface area contributed by atoms with Crippen molar-refractivity contribution in [1.82, 2.24) is 4.57 Å². The molecule has 3 nitrogen and oxygen atoms in total. The van der Waals surface area contributed by atoms with E-state index in [1.807, 2.05) is 20.0 Å². The third kappa shape index (κ3) is 1.70. The monoisotopic (exact) mass is 242 g/mol. The summed E-state index contributed by atoms with van der Waals surface area (Å²) in [5.41, 5.74) is 3.19. The average molecular weight is 242 g/mol. The topological polar surface area (TPSA) is 25.2 Å². The molecule has 1 aliphatic rings. The van der Waals surface area contributed by atoms with E-state index in [1.165, 1.54) is 18.5 Å². The van der Waals surface area contributed by atoms with E-state index < -0.39 is 0 Å². The molecule has 3 heteroatoms. The summed E-state index contributed by atoms with van der Waals surface area (Å²) >= 11 is 0. The van der Waals surface area contributed by atoms with Gasteiger partial charge in [0.2, 0.25) is 0 Å². The molecule has 1 aromatic carbocycles. The number of benzene rings is 1. The first-order valence-electron chi connectivity index (χ1n) is 6.52. The fourth-order valence-corrected chi connectivity index (χ4v) is 2.80. The van der Waals surface area contributed by atoms with Gasteiger partial charge in [0.1, 0.15) is 0 Å². The molecule has 2 aromatic rings. The van der Waals surface area contributed by atoms with Crippen molar-refractivity contribution in [3.63, 3.8) is 0 Å². The van der Waals surface area contributed by atoms with E-state index in [0.29, 0.717) is 0 Å². The lowest BCUT2D eigenvalue weighted by Crippen LogP contribution is -2.20. The van der Waals surface area contributed by atoms with Crippen molar-refractivity contribution >= 4 is 16.6 Å². The molecule has 1 fully saturated rings. The van der Waals surface area contributed by atoms with Crippen molar-refractivity contribution < 1.29 is 0 Å². The molecular formula is C15H18N2O. The minimum Gasteiger partial charge on any atom is -0.372 e. The molecule has 0 saturated carbocycles. The minimum atomic E-state index is 0.0939. The lowest BCUT2D eigenvalue weighted by atomic mass is 10.1. The van der Waals surface area contributed by atoms with Gasteiger partial charge in [-0.05, 0) is 44.0 Å². The normalized spacial score (nSPS) is 15.6. The predicted octanol–water partition coefficient (Wildman–Crippen LogP) is 2.45. The third-order valence-corrected chi connectivity index (χ3v) is 3.86. The molecule has 0 spiro atoms. The molecule has 18 heavy (non-hydrogen) atoms. The summed E-state index contributed by atoms with van der Waals surface area (Å²) in [5.74, 6) is 0. The van der Waals surface area contributed by atoms with Gasteiger partial charge in [-0.2, -0.15) is 0 Å². The molecule has 3 rings (SSSR count). The lowest BCUT2D eigenvalue weighted by molar-refractivity contribution is 0.892. The highest BCUT2D eigenvalue weighted by Gasteiger charge is 2.13. The molecule has 0 radical (unpaired) electrons. The molecular weight excluding hydrogens is 224 g/mol. The average Bonchev–Trinajstić information content (AvgIpc) is 2.89. The van der Waals surface area contributed by atoms with Gasteiger partial charge in [-0.25, -0.2) is 0 Å². The largest absolute Gasteiger partial charge is 0.372 e. The minimum absolute atomic E-state index is 0.0939. The van der Waals surface area contributed by atoms with E-state index in [4.69, 9.17) is 0 Å². The summed E-state index contributed by atoms with van der Waals surface area (Å²) in [4.78, 5) is 14.3. The Morgan fingerprint density at radius 2 is 1.83 bits per heavy atom. The number of aryl methyl sites for hydroxylation is 2. The van der Waals surface area contributed by atoms with E-state index in [1.54, 1.807) is 4.57 Å². The second kappa shape index (κ2) is 4.16. The van der Waals surface area contributed by atoms with Crippen molar-refractivity contribution in [2.45, 2.75) is 19.8 Å². The van der Waals surface area contributed by atoms with E-state index in [-0.39, 0.29) is 5.56 Å². The Hall–Kier alpha value is -1.77. The van der Waals surface area contributed by atoms with Crippen molar-refractivity contribution in [2.75, 3.05) is 18.0 Å². The first kappa shape index (κ1) is 11.3. The molecule has 94 valence electrons. The Balaban J connectivity index is 2.17. The van der Waals surface area contributed by atoms with Gasteiger partial charge in [-0.15, -0.1) is 0 Å². The molecule has 1 saturated heterocycles. The fraction of sp³-hybridized carbons (Fsp3) is 0.400. The van der Waals surface area contributed by atoms with Gasteiger partial charge >= 0.3 is 0 Å². The molecule has 0 N–H and O–H groups in total. The Labute approximate surface area is 107 Å². The quantitative estimate of drug-likeness (QED) is 0.767. The van der Waals surface area contributed by atoms with Gasteiger partial charge in [-0.1, -0.05) is 0 Å². The molecule has 0 unspecified atom stereocenters. The molecule has 0 aliphatic carbocycles. The molecule has 2 heterocycles. The van der Waals surface area contributed by atoms with Crippen LogP contribution in [0.3, 0.4) is 0 Å². The standard InChI is InChI=1S/C15H18N2O/c1-11-9-12-10-13(17-7-3-4-8-17)5-6-14(12)16(2)15(11)18/h5-6,9-10H,3-4,7-8H2,1-2H3. The predicted molar refractivity (Wildman–Crippen MR) is 75.4 cm³/mol. The highest BCUT2D eigenvalue weighted by Crippen LogP contribution is 2.24.